The van der Waals surface area contributed by atoms with Crippen LogP contribution in [0.4, 0.5) is 0 Å². The van der Waals surface area contributed by atoms with Crippen molar-refractivity contribution in [1.29, 1.82) is 0 Å². The minimum Gasteiger partial charge on any atom is -0.297 e. The predicted octanol–water partition coefficient (Wildman–Crippen LogP) is 4.19. The molecule has 0 saturated carbocycles. The fourth-order valence-corrected chi connectivity index (χ4v) is 2.31. The molecule has 0 spiro atoms. The third-order valence-electron chi connectivity index (χ3n) is 3.80. The van der Waals surface area contributed by atoms with Gasteiger partial charge in [-0.3, -0.25) is 4.90 Å². The van der Waals surface area contributed by atoms with Crippen molar-refractivity contribution in [2.24, 2.45) is 5.92 Å². The molecule has 1 rings (SSSR count). The molecular formula is C16H27N. The van der Waals surface area contributed by atoms with Gasteiger partial charge in [0.1, 0.15) is 0 Å². The molecule has 0 N–H and O–H groups in total. The van der Waals surface area contributed by atoms with Crippen molar-refractivity contribution >= 4 is 0 Å². The van der Waals surface area contributed by atoms with Crippen molar-refractivity contribution in [2.75, 3.05) is 13.1 Å². The van der Waals surface area contributed by atoms with E-state index < -0.39 is 0 Å². The monoisotopic (exact) mass is 233 g/mol. The summed E-state index contributed by atoms with van der Waals surface area (Å²) in [6.45, 7) is 16.9. The molecule has 17 heavy (non-hydrogen) atoms. The third-order valence-corrected chi connectivity index (χ3v) is 3.80. The van der Waals surface area contributed by atoms with E-state index >= 15 is 0 Å². The Morgan fingerprint density at radius 3 is 2.53 bits per heavy atom. The minimum absolute atomic E-state index is 0.614. The summed E-state index contributed by atoms with van der Waals surface area (Å²) in [6, 6.07) is 0.646. The van der Waals surface area contributed by atoms with E-state index in [9.17, 15) is 0 Å². The molecule has 1 aliphatic rings. The number of nitrogens with zero attached hydrogens (tertiary/aromatic N) is 1. The fraction of sp³-hybridized carbons (Fsp3) is 0.625. The summed E-state index contributed by atoms with van der Waals surface area (Å²) in [5.74, 6) is 0.614. The van der Waals surface area contributed by atoms with Crippen molar-refractivity contribution in [3.05, 3.63) is 36.5 Å². The van der Waals surface area contributed by atoms with Gasteiger partial charge in [0.05, 0.1) is 0 Å². The SMILES string of the molecule is C=CC1=C(CCC(C)C=C)CN(C(C)C)CC1. The average molecular weight is 233 g/mol. The molecule has 0 aromatic carbocycles. The fourth-order valence-electron chi connectivity index (χ4n) is 2.31. The normalized spacial score (nSPS) is 19.5. The first-order chi connectivity index (χ1) is 8.08. The molecule has 1 unspecified atom stereocenters. The highest BCUT2D eigenvalue weighted by molar-refractivity contribution is 5.28. The maximum absolute atomic E-state index is 3.96. The van der Waals surface area contributed by atoms with E-state index in [2.05, 4.69) is 51.0 Å². The molecule has 0 aromatic heterocycles. The van der Waals surface area contributed by atoms with Crippen LogP contribution in [0.25, 0.3) is 0 Å². The van der Waals surface area contributed by atoms with Gasteiger partial charge in [0, 0.05) is 19.1 Å². The van der Waals surface area contributed by atoms with Crippen LogP contribution in [0.2, 0.25) is 0 Å². The van der Waals surface area contributed by atoms with Crippen LogP contribution < -0.4 is 0 Å². The second kappa shape index (κ2) is 6.80. The first-order valence-electron chi connectivity index (χ1n) is 6.78. The standard InChI is InChI=1S/C16H27N/c1-6-14(5)8-9-16-12-17(13(3)4)11-10-15(16)7-2/h6-7,13-14H,1-2,8-12H2,3-5H3. The molecule has 0 amide bonds. The zero-order valence-electron chi connectivity index (χ0n) is 11.7. The Morgan fingerprint density at radius 1 is 1.29 bits per heavy atom. The van der Waals surface area contributed by atoms with E-state index in [0.29, 0.717) is 12.0 Å². The Morgan fingerprint density at radius 2 is 2.00 bits per heavy atom. The lowest BCUT2D eigenvalue weighted by molar-refractivity contribution is 0.229. The van der Waals surface area contributed by atoms with Crippen LogP contribution in [0.3, 0.4) is 0 Å². The molecule has 1 heterocycles. The maximum atomic E-state index is 3.96. The van der Waals surface area contributed by atoms with Gasteiger partial charge in [0.25, 0.3) is 0 Å². The highest BCUT2D eigenvalue weighted by Gasteiger charge is 2.19. The maximum Gasteiger partial charge on any atom is 0.0201 e. The van der Waals surface area contributed by atoms with Gasteiger partial charge in [-0.25, -0.2) is 0 Å². The molecule has 1 aliphatic heterocycles. The van der Waals surface area contributed by atoms with E-state index in [4.69, 9.17) is 0 Å². The van der Waals surface area contributed by atoms with Crippen LogP contribution in [0.15, 0.2) is 36.5 Å². The van der Waals surface area contributed by atoms with Crippen LogP contribution in [0, 0.1) is 5.92 Å². The van der Waals surface area contributed by atoms with Gasteiger partial charge in [-0.1, -0.05) is 31.2 Å². The highest BCUT2D eigenvalue weighted by atomic mass is 15.1. The Hall–Kier alpha value is -0.820. The lowest BCUT2D eigenvalue weighted by Gasteiger charge is -2.33. The number of rotatable bonds is 6. The van der Waals surface area contributed by atoms with Gasteiger partial charge in [-0.05, 0) is 44.6 Å². The van der Waals surface area contributed by atoms with E-state index in [1.54, 1.807) is 5.57 Å². The van der Waals surface area contributed by atoms with E-state index in [1.165, 1.54) is 31.4 Å². The molecule has 0 radical (unpaired) electrons. The smallest absolute Gasteiger partial charge is 0.0201 e. The summed E-state index contributed by atoms with van der Waals surface area (Å²) in [4.78, 5) is 2.56. The van der Waals surface area contributed by atoms with Crippen LogP contribution in [-0.2, 0) is 0 Å². The van der Waals surface area contributed by atoms with E-state index in [1.807, 2.05) is 0 Å². The highest BCUT2D eigenvalue weighted by Crippen LogP contribution is 2.25. The molecule has 0 fully saturated rings. The van der Waals surface area contributed by atoms with Gasteiger partial charge in [-0.2, -0.15) is 0 Å². The summed E-state index contributed by atoms with van der Waals surface area (Å²) in [5, 5.41) is 0. The number of hydrogen-bond acceptors (Lipinski definition) is 1. The van der Waals surface area contributed by atoms with Crippen molar-refractivity contribution in [2.45, 2.75) is 46.1 Å². The molecule has 0 bridgehead atoms. The molecule has 1 atom stereocenters. The van der Waals surface area contributed by atoms with Gasteiger partial charge in [0.15, 0.2) is 0 Å². The van der Waals surface area contributed by atoms with Crippen LogP contribution in [-0.4, -0.2) is 24.0 Å². The van der Waals surface area contributed by atoms with E-state index in [-0.39, 0.29) is 0 Å². The van der Waals surface area contributed by atoms with Gasteiger partial charge >= 0.3 is 0 Å². The summed E-state index contributed by atoms with van der Waals surface area (Å²) in [7, 11) is 0. The lowest BCUT2D eigenvalue weighted by atomic mass is 9.92. The molecule has 0 aromatic rings. The average Bonchev–Trinajstić information content (AvgIpc) is 2.35. The van der Waals surface area contributed by atoms with Crippen molar-refractivity contribution in [1.82, 2.24) is 4.90 Å². The molecule has 1 nitrogen and oxygen atoms in total. The van der Waals surface area contributed by atoms with Crippen molar-refractivity contribution in [3.8, 4) is 0 Å². The van der Waals surface area contributed by atoms with Crippen molar-refractivity contribution < 1.29 is 0 Å². The number of allylic oxidation sites excluding steroid dienone is 2. The van der Waals surface area contributed by atoms with Crippen LogP contribution in [0.5, 0.6) is 0 Å². The summed E-state index contributed by atoms with van der Waals surface area (Å²) in [5.41, 5.74) is 3.08. The van der Waals surface area contributed by atoms with Gasteiger partial charge in [0.2, 0.25) is 0 Å². The first-order valence-corrected chi connectivity index (χ1v) is 6.78. The van der Waals surface area contributed by atoms with E-state index in [0.717, 1.165) is 6.54 Å². The van der Waals surface area contributed by atoms with Crippen LogP contribution in [0.1, 0.15) is 40.0 Å². The third kappa shape index (κ3) is 4.16. The molecule has 0 aliphatic carbocycles. The van der Waals surface area contributed by atoms with Crippen molar-refractivity contribution in [3.63, 3.8) is 0 Å². The number of hydrogen-bond donors (Lipinski definition) is 0. The second-order valence-corrected chi connectivity index (χ2v) is 5.40. The zero-order valence-corrected chi connectivity index (χ0v) is 11.7. The largest absolute Gasteiger partial charge is 0.297 e. The Balaban J connectivity index is 2.65. The topological polar surface area (TPSA) is 3.24 Å². The molecule has 0 saturated heterocycles. The molecular weight excluding hydrogens is 206 g/mol. The van der Waals surface area contributed by atoms with Gasteiger partial charge < -0.3 is 0 Å². The summed E-state index contributed by atoms with van der Waals surface area (Å²) in [6.07, 6.45) is 7.68. The van der Waals surface area contributed by atoms with Gasteiger partial charge in [-0.15, -0.1) is 6.58 Å². The first kappa shape index (κ1) is 14.2. The lowest BCUT2D eigenvalue weighted by Crippen LogP contribution is -2.37. The Kier molecular flexibility index (Phi) is 5.70. The predicted molar refractivity (Wildman–Crippen MR) is 77.1 cm³/mol. The quantitative estimate of drug-likeness (QED) is 0.622. The Bertz CT molecular complexity index is 299. The zero-order chi connectivity index (χ0) is 12.8. The van der Waals surface area contributed by atoms with Crippen LogP contribution >= 0.6 is 0 Å². The summed E-state index contributed by atoms with van der Waals surface area (Å²) < 4.78 is 0. The second-order valence-electron chi connectivity index (χ2n) is 5.40. The molecule has 1 heteroatoms. The molecule has 96 valence electrons. The Labute approximate surface area is 107 Å². The summed E-state index contributed by atoms with van der Waals surface area (Å²) >= 11 is 0. The minimum atomic E-state index is 0.614.